The highest BCUT2D eigenvalue weighted by molar-refractivity contribution is 7.89. The largest absolute Gasteiger partial charge is 0.417 e. The van der Waals surface area contributed by atoms with Gasteiger partial charge in [0, 0.05) is 24.5 Å². The Morgan fingerprint density at radius 2 is 1.97 bits per heavy atom. The molecule has 0 saturated heterocycles. The molecule has 1 atom stereocenters. The Bertz CT molecular complexity index is 1220. The van der Waals surface area contributed by atoms with Crippen molar-refractivity contribution < 1.29 is 30.8 Å². The number of benzene rings is 1. The number of hydrogen-bond acceptors (Lipinski definition) is 6. The van der Waals surface area contributed by atoms with E-state index in [4.69, 9.17) is 17.3 Å². The van der Waals surface area contributed by atoms with Crippen LogP contribution in [0.3, 0.4) is 0 Å². The lowest BCUT2D eigenvalue weighted by atomic mass is 9.93. The zero-order valence-corrected chi connectivity index (χ0v) is 18.1. The van der Waals surface area contributed by atoms with Gasteiger partial charge in [0.15, 0.2) is 0 Å². The number of alkyl halides is 3. The Kier molecular flexibility index (Phi) is 5.85. The van der Waals surface area contributed by atoms with Crippen LogP contribution in [0.4, 0.5) is 23.2 Å². The van der Waals surface area contributed by atoms with E-state index in [0.29, 0.717) is 12.3 Å². The highest BCUT2D eigenvalue weighted by Crippen LogP contribution is 2.39. The number of sulfonamides is 1. The number of nitrogens with zero attached hydrogens (tertiary/aromatic N) is 3. The van der Waals surface area contributed by atoms with Crippen molar-refractivity contribution in [1.82, 2.24) is 9.29 Å². The summed E-state index contributed by atoms with van der Waals surface area (Å²) in [6.07, 6.45) is -4.13. The molecule has 3 N–H and O–H groups in total. The van der Waals surface area contributed by atoms with Crippen molar-refractivity contribution in [2.24, 2.45) is 10.7 Å². The predicted octanol–water partition coefficient (Wildman–Crippen LogP) is 2.95. The van der Waals surface area contributed by atoms with Gasteiger partial charge >= 0.3 is 6.18 Å². The SMILES string of the molecule is CN1C(N)=N[C@](C)(c2cc(NC(=O)c3ccc(C(F)(F)F)cn3)cc(F)c2Cl)CS1(=O)=O. The Hall–Kier alpha value is -2.93. The smallest absolute Gasteiger partial charge is 0.369 e. The standard InChI is InChI=1S/C18H16ClF4N5O3S/c1-17(8-32(30,31)28(2)16(24)27-17)11-5-10(6-12(20)14(11)19)26-15(29)13-4-3-9(7-25-13)18(21,22)23/h3-7H,8H2,1-2H3,(H2,24,27)(H,26,29)/t17-/m0/s1. The molecular formula is C18H16ClF4N5O3S. The van der Waals surface area contributed by atoms with Gasteiger partial charge < -0.3 is 11.1 Å². The second-order valence-electron chi connectivity index (χ2n) is 7.17. The molecule has 2 heterocycles. The van der Waals surface area contributed by atoms with Crippen molar-refractivity contribution in [3.63, 3.8) is 0 Å². The molecule has 32 heavy (non-hydrogen) atoms. The molecule has 0 saturated carbocycles. The molecule has 1 aromatic carbocycles. The summed E-state index contributed by atoms with van der Waals surface area (Å²) in [7, 11) is -2.67. The van der Waals surface area contributed by atoms with Crippen molar-refractivity contribution in [2.45, 2.75) is 18.6 Å². The fourth-order valence-electron chi connectivity index (χ4n) is 3.03. The lowest BCUT2D eigenvalue weighted by Gasteiger charge is -2.35. The van der Waals surface area contributed by atoms with Gasteiger partial charge in [-0.3, -0.25) is 9.78 Å². The van der Waals surface area contributed by atoms with Gasteiger partial charge in [0.05, 0.1) is 16.3 Å². The first kappa shape index (κ1) is 23.7. The van der Waals surface area contributed by atoms with E-state index in [1.807, 2.05) is 0 Å². The molecule has 3 rings (SSSR count). The first-order chi connectivity index (χ1) is 14.6. The molecule has 8 nitrogen and oxygen atoms in total. The summed E-state index contributed by atoms with van der Waals surface area (Å²) < 4.78 is 78.0. The summed E-state index contributed by atoms with van der Waals surface area (Å²) in [5, 5.41) is 1.88. The predicted molar refractivity (Wildman–Crippen MR) is 109 cm³/mol. The molecule has 0 fully saturated rings. The summed E-state index contributed by atoms with van der Waals surface area (Å²) in [5.74, 6) is -2.81. The number of pyridine rings is 1. The number of nitrogens with two attached hydrogens (primary N) is 1. The average Bonchev–Trinajstić information content (AvgIpc) is 2.67. The van der Waals surface area contributed by atoms with Crippen molar-refractivity contribution in [2.75, 3.05) is 18.1 Å². The second-order valence-corrected chi connectivity index (χ2v) is 9.55. The van der Waals surface area contributed by atoms with Crippen LogP contribution in [0.5, 0.6) is 0 Å². The first-order valence-corrected chi connectivity index (χ1v) is 10.8. The van der Waals surface area contributed by atoms with E-state index in [9.17, 15) is 30.8 Å². The quantitative estimate of drug-likeness (QED) is 0.637. The lowest BCUT2D eigenvalue weighted by molar-refractivity contribution is -0.137. The molecule has 0 bridgehead atoms. The molecule has 1 aliphatic heterocycles. The molecule has 0 radical (unpaired) electrons. The monoisotopic (exact) mass is 493 g/mol. The van der Waals surface area contributed by atoms with E-state index in [0.717, 1.165) is 16.4 Å². The minimum atomic E-state index is -4.62. The number of carbonyl (C=O) groups is 1. The zero-order valence-electron chi connectivity index (χ0n) is 16.5. The van der Waals surface area contributed by atoms with Crippen LogP contribution in [0, 0.1) is 5.82 Å². The van der Waals surface area contributed by atoms with Crippen molar-refractivity contribution in [3.05, 3.63) is 58.1 Å². The van der Waals surface area contributed by atoms with Gasteiger partial charge in [-0.15, -0.1) is 0 Å². The third-order valence-corrected chi connectivity index (χ3v) is 7.09. The number of hydrogen-bond donors (Lipinski definition) is 2. The Labute approximate surface area is 185 Å². The summed E-state index contributed by atoms with van der Waals surface area (Å²) in [6, 6.07) is 3.62. The Morgan fingerprint density at radius 1 is 1.31 bits per heavy atom. The molecular weight excluding hydrogens is 478 g/mol. The van der Waals surface area contributed by atoms with E-state index >= 15 is 0 Å². The van der Waals surface area contributed by atoms with Crippen LogP contribution in [0.1, 0.15) is 28.5 Å². The van der Waals surface area contributed by atoms with Gasteiger partial charge in [-0.2, -0.15) is 13.2 Å². The number of guanidine groups is 1. The van der Waals surface area contributed by atoms with Gasteiger partial charge in [0.1, 0.15) is 17.1 Å². The van der Waals surface area contributed by atoms with Gasteiger partial charge in [0.25, 0.3) is 5.91 Å². The van der Waals surface area contributed by atoms with Gasteiger partial charge in [-0.1, -0.05) is 11.6 Å². The Balaban J connectivity index is 1.96. The maximum atomic E-state index is 14.5. The topological polar surface area (TPSA) is 118 Å². The lowest BCUT2D eigenvalue weighted by Crippen LogP contribution is -2.50. The summed E-state index contributed by atoms with van der Waals surface area (Å²) in [6.45, 7) is 1.38. The van der Waals surface area contributed by atoms with Crippen molar-refractivity contribution in [1.29, 1.82) is 0 Å². The van der Waals surface area contributed by atoms with E-state index in [2.05, 4.69) is 15.3 Å². The number of anilines is 1. The van der Waals surface area contributed by atoms with Crippen LogP contribution in [-0.4, -0.2) is 42.4 Å². The van der Waals surface area contributed by atoms with Crippen molar-refractivity contribution in [3.8, 4) is 0 Å². The number of aliphatic imine (C=N–C) groups is 1. The molecule has 14 heteroatoms. The number of halogens is 5. The minimum Gasteiger partial charge on any atom is -0.369 e. The fraction of sp³-hybridized carbons (Fsp3) is 0.278. The van der Waals surface area contributed by atoms with E-state index in [1.165, 1.54) is 20.0 Å². The van der Waals surface area contributed by atoms with Crippen LogP contribution in [-0.2, 0) is 21.7 Å². The van der Waals surface area contributed by atoms with Gasteiger partial charge in [-0.25, -0.2) is 22.1 Å². The normalized spacial score (nSPS) is 20.6. The fourth-order valence-corrected chi connectivity index (χ4v) is 4.79. The third kappa shape index (κ3) is 4.48. The second kappa shape index (κ2) is 7.89. The molecule has 1 aliphatic rings. The molecule has 0 aliphatic carbocycles. The van der Waals surface area contributed by atoms with E-state index in [1.54, 1.807) is 0 Å². The maximum absolute atomic E-state index is 14.5. The van der Waals surface area contributed by atoms with Gasteiger partial charge in [0.2, 0.25) is 16.0 Å². The Morgan fingerprint density at radius 3 is 2.50 bits per heavy atom. The van der Waals surface area contributed by atoms with E-state index < -0.39 is 49.8 Å². The summed E-state index contributed by atoms with van der Waals surface area (Å²) >= 11 is 6.05. The number of aromatic nitrogens is 1. The van der Waals surface area contributed by atoms with Crippen LogP contribution in [0.15, 0.2) is 35.5 Å². The zero-order chi connectivity index (χ0) is 24.1. The molecule has 0 spiro atoms. The van der Waals surface area contributed by atoms with E-state index in [-0.39, 0.29) is 22.9 Å². The highest BCUT2D eigenvalue weighted by Gasteiger charge is 2.42. The highest BCUT2D eigenvalue weighted by atomic mass is 35.5. The van der Waals surface area contributed by atoms with Crippen LogP contribution in [0.2, 0.25) is 5.02 Å². The molecule has 1 aromatic heterocycles. The van der Waals surface area contributed by atoms with Gasteiger partial charge in [-0.05, 0) is 31.2 Å². The van der Waals surface area contributed by atoms with Crippen LogP contribution < -0.4 is 11.1 Å². The number of rotatable bonds is 3. The summed E-state index contributed by atoms with van der Waals surface area (Å²) in [5.41, 5.74) is 2.53. The maximum Gasteiger partial charge on any atom is 0.417 e. The first-order valence-electron chi connectivity index (χ1n) is 8.80. The summed E-state index contributed by atoms with van der Waals surface area (Å²) in [4.78, 5) is 20.0. The third-order valence-electron chi connectivity index (χ3n) is 4.75. The van der Waals surface area contributed by atoms with Crippen LogP contribution >= 0.6 is 11.6 Å². The average molecular weight is 494 g/mol. The van der Waals surface area contributed by atoms with Crippen molar-refractivity contribution >= 4 is 39.2 Å². The number of carbonyl (C=O) groups excluding carboxylic acids is 1. The minimum absolute atomic E-state index is 0.0607. The number of nitrogens with one attached hydrogen (secondary N) is 1. The molecule has 1 amide bonds. The molecule has 0 unspecified atom stereocenters. The number of amides is 1. The molecule has 2 aromatic rings. The molecule has 172 valence electrons. The van der Waals surface area contributed by atoms with Crippen LogP contribution in [0.25, 0.3) is 0 Å².